The molecule has 0 aromatic heterocycles. The lowest BCUT2D eigenvalue weighted by Gasteiger charge is -2.14. The fraction of sp³-hybridized carbons (Fsp3) is 0.133. The fourth-order valence-electron chi connectivity index (χ4n) is 1.93. The van der Waals surface area contributed by atoms with Crippen LogP contribution in [0.3, 0.4) is 0 Å². The fourth-order valence-corrected chi connectivity index (χ4v) is 1.93. The molecule has 0 heterocycles. The minimum atomic E-state index is -0.589. The average molecular weight is 274 g/mol. The number of nitrogens with one attached hydrogen (secondary N) is 1. The molecule has 0 saturated carbocycles. The second kappa shape index (κ2) is 5.21. The van der Waals surface area contributed by atoms with E-state index in [1.54, 1.807) is 19.1 Å². The number of aryl methyl sites for hydroxylation is 1. The summed E-state index contributed by atoms with van der Waals surface area (Å²) in [5.41, 5.74) is 8.36. The predicted octanol–water partition coefficient (Wildman–Crippen LogP) is 2.98. The zero-order valence-corrected chi connectivity index (χ0v) is 11.2. The molecule has 20 heavy (non-hydrogen) atoms. The van der Waals surface area contributed by atoms with E-state index >= 15 is 0 Å². The van der Waals surface area contributed by atoms with Crippen molar-refractivity contribution in [3.63, 3.8) is 0 Å². The number of phenols is 1. The van der Waals surface area contributed by atoms with Crippen LogP contribution in [0.2, 0.25) is 0 Å². The minimum absolute atomic E-state index is 0.119. The molecule has 0 atom stereocenters. The maximum Gasteiger partial charge on any atom is 0.259 e. The lowest BCUT2D eigenvalue weighted by Crippen LogP contribution is -2.14. The van der Waals surface area contributed by atoms with Crippen LogP contribution in [0.25, 0.3) is 0 Å². The molecule has 0 saturated heterocycles. The average Bonchev–Trinajstić information content (AvgIpc) is 2.41. The number of carbonyl (C=O) groups excluding carboxylic acids is 1. The van der Waals surface area contributed by atoms with Crippen molar-refractivity contribution in [1.29, 1.82) is 0 Å². The van der Waals surface area contributed by atoms with Gasteiger partial charge in [-0.15, -0.1) is 0 Å². The molecule has 2 rings (SSSR count). The molecule has 0 aliphatic rings. The van der Waals surface area contributed by atoms with Gasteiger partial charge < -0.3 is 16.2 Å². The number of carbonyl (C=O) groups is 1. The van der Waals surface area contributed by atoms with Gasteiger partial charge in [-0.3, -0.25) is 4.79 Å². The Bertz CT molecular complexity index is 684. The highest BCUT2D eigenvalue weighted by Gasteiger charge is 2.15. The van der Waals surface area contributed by atoms with Crippen molar-refractivity contribution in [1.82, 2.24) is 0 Å². The minimum Gasteiger partial charge on any atom is -0.507 e. The summed E-state index contributed by atoms with van der Waals surface area (Å²) < 4.78 is 13.2. The highest BCUT2D eigenvalue weighted by molar-refractivity contribution is 6.07. The number of phenolic OH excluding ortho intramolecular Hbond substituents is 1. The molecule has 0 bridgehead atoms. The monoisotopic (exact) mass is 274 g/mol. The molecule has 2 aromatic rings. The van der Waals surface area contributed by atoms with Crippen LogP contribution in [0.1, 0.15) is 21.5 Å². The third kappa shape index (κ3) is 2.56. The maximum absolute atomic E-state index is 13.2. The van der Waals surface area contributed by atoms with Crippen LogP contribution < -0.4 is 11.1 Å². The summed E-state index contributed by atoms with van der Waals surface area (Å²) in [6, 6.07) is 6.75. The van der Waals surface area contributed by atoms with Gasteiger partial charge in [0.2, 0.25) is 0 Å². The highest BCUT2D eigenvalue weighted by atomic mass is 19.1. The summed E-state index contributed by atoms with van der Waals surface area (Å²) in [7, 11) is 0. The Hall–Kier alpha value is -2.56. The first kappa shape index (κ1) is 13.9. The van der Waals surface area contributed by atoms with Crippen LogP contribution in [0.15, 0.2) is 30.3 Å². The molecular formula is C15H15FN2O2. The van der Waals surface area contributed by atoms with Gasteiger partial charge in [0.25, 0.3) is 5.91 Å². The number of anilines is 2. The summed E-state index contributed by atoms with van der Waals surface area (Å²) in [6.45, 7) is 3.61. The SMILES string of the molecule is Cc1ccc(N)c(C)c1NC(=O)c1cc(F)ccc1O. The number of rotatable bonds is 2. The Morgan fingerprint density at radius 2 is 1.95 bits per heavy atom. The Labute approximate surface area is 116 Å². The van der Waals surface area contributed by atoms with Crippen LogP contribution in [-0.2, 0) is 0 Å². The molecule has 4 nitrogen and oxygen atoms in total. The van der Waals surface area contributed by atoms with Crippen LogP contribution >= 0.6 is 0 Å². The van der Waals surface area contributed by atoms with Gasteiger partial charge in [-0.05, 0) is 49.2 Å². The number of hydrogen-bond acceptors (Lipinski definition) is 3. The predicted molar refractivity (Wildman–Crippen MR) is 76.3 cm³/mol. The van der Waals surface area contributed by atoms with E-state index in [0.29, 0.717) is 11.4 Å². The topological polar surface area (TPSA) is 75.3 Å². The summed E-state index contributed by atoms with van der Waals surface area (Å²) in [5, 5.41) is 12.3. The van der Waals surface area contributed by atoms with Gasteiger partial charge in [0.1, 0.15) is 11.6 Å². The first-order valence-electron chi connectivity index (χ1n) is 6.05. The normalized spacial score (nSPS) is 10.3. The highest BCUT2D eigenvalue weighted by Crippen LogP contribution is 2.27. The van der Waals surface area contributed by atoms with Gasteiger partial charge in [0, 0.05) is 11.4 Å². The van der Waals surface area contributed by atoms with Crippen LogP contribution in [-0.4, -0.2) is 11.0 Å². The van der Waals surface area contributed by atoms with Crippen LogP contribution in [0.4, 0.5) is 15.8 Å². The summed E-state index contributed by atoms with van der Waals surface area (Å²) in [6.07, 6.45) is 0. The Morgan fingerprint density at radius 1 is 1.25 bits per heavy atom. The smallest absolute Gasteiger partial charge is 0.259 e. The summed E-state index contributed by atoms with van der Waals surface area (Å²) in [4.78, 5) is 12.1. The molecule has 0 aliphatic carbocycles. The van der Waals surface area contributed by atoms with Crippen LogP contribution in [0, 0.1) is 19.7 Å². The third-order valence-electron chi connectivity index (χ3n) is 3.16. The van der Waals surface area contributed by atoms with Crippen molar-refractivity contribution < 1.29 is 14.3 Å². The van der Waals surface area contributed by atoms with Gasteiger partial charge in [0.05, 0.1) is 5.56 Å². The van der Waals surface area contributed by atoms with Crippen molar-refractivity contribution in [2.45, 2.75) is 13.8 Å². The molecule has 4 N–H and O–H groups in total. The maximum atomic E-state index is 13.2. The quantitative estimate of drug-likeness (QED) is 0.737. The third-order valence-corrected chi connectivity index (χ3v) is 3.16. The summed E-state index contributed by atoms with van der Waals surface area (Å²) in [5.74, 6) is -1.45. The molecule has 0 unspecified atom stereocenters. The van der Waals surface area contributed by atoms with Crippen molar-refractivity contribution in [2.75, 3.05) is 11.1 Å². The van der Waals surface area contributed by atoms with Gasteiger partial charge in [-0.1, -0.05) is 6.07 Å². The number of hydrogen-bond donors (Lipinski definition) is 3. The van der Waals surface area contributed by atoms with Gasteiger partial charge in [-0.25, -0.2) is 4.39 Å². The lowest BCUT2D eigenvalue weighted by molar-refractivity contribution is 0.102. The van der Waals surface area contributed by atoms with Gasteiger partial charge >= 0.3 is 0 Å². The van der Waals surface area contributed by atoms with E-state index < -0.39 is 11.7 Å². The van der Waals surface area contributed by atoms with Gasteiger partial charge in [-0.2, -0.15) is 0 Å². The van der Waals surface area contributed by atoms with E-state index in [4.69, 9.17) is 5.73 Å². The largest absolute Gasteiger partial charge is 0.507 e. The van der Waals surface area contributed by atoms with Crippen molar-refractivity contribution in [2.24, 2.45) is 0 Å². The zero-order chi connectivity index (χ0) is 14.9. The number of benzene rings is 2. The molecule has 0 aliphatic heterocycles. The van der Waals surface area contributed by atoms with Crippen molar-refractivity contribution >= 4 is 17.3 Å². The first-order chi connectivity index (χ1) is 9.40. The molecule has 1 amide bonds. The van der Waals surface area contributed by atoms with E-state index in [9.17, 15) is 14.3 Å². The van der Waals surface area contributed by atoms with Crippen LogP contribution in [0.5, 0.6) is 5.75 Å². The number of nitrogens with two attached hydrogens (primary N) is 1. The van der Waals surface area contributed by atoms with E-state index in [1.165, 1.54) is 0 Å². The van der Waals surface area contributed by atoms with E-state index in [-0.39, 0.29) is 11.3 Å². The number of nitrogen functional groups attached to an aromatic ring is 1. The zero-order valence-electron chi connectivity index (χ0n) is 11.2. The second-order valence-corrected chi connectivity index (χ2v) is 4.59. The molecule has 2 aromatic carbocycles. The molecule has 104 valence electrons. The molecule has 0 fully saturated rings. The lowest BCUT2D eigenvalue weighted by atomic mass is 10.1. The van der Waals surface area contributed by atoms with Crippen molar-refractivity contribution in [3.05, 3.63) is 52.8 Å². The molecular weight excluding hydrogens is 259 g/mol. The Balaban J connectivity index is 2.38. The van der Waals surface area contributed by atoms with E-state index in [1.807, 2.05) is 6.92 Å². The van der Waals surface area contributed by atoms with Crippen molar-refractivity contribution in [3.8, 4) is 5.75 Å². The van der Waals surface area contributed by atoms with E-state index in [0.717, 1.165) is 29.3 Å². The van der Waals surface area contributed by atoms with Gasteiger partial charge in [0.15, 0.2) is 0 Å². The molecule has 5 heteroatoms. The molecule has 0 radical (unpaired) electrons. The number of amides is 1. The Morgan fingerprint density at radius 3 is 2.65 bits per heavy atom. The number of halogens is 1. The second-order valence-electron chi connectivity index (χ2n) is 4.59. The first-order valence-corrected chi connectivity index (χ1v) is 6.05. The number of aromatic hydroxyl groups is 1. The standard InChI is InChI=1S/C15H15FN2O2/c1-8-3-5-12(17)9(2)14(8)18-15(20)11-7-10(16)4-6-13(11)19/h3-7,19H,17H2,1-2H3,(H,18,20). The summed E-state index contributed by atoms with van der Waals surface area (Å²) >= 11 is 0. The molecule has 0 spiro atoms. The Kier molecular flexibility index (Phi) is 3.61. The van der Waals surface area contributed by atoms with E-state index in [2.05, 4.69) is 5.32 Å².